The molecule has 0 atom stereocenters. The van der Waals surface area contributed by atoms with Gasteiger partial charge in [0.2, 0.25) is 0 Å². The Balaban J connectivity index is 5.05. The molecule has 0 fully saturated rings. The lowest BCUT2D eigenvalue weighted by Crippen LogP contribution is -2.47. The fourth-order valence-electron chi connectivity index (χ4n) is 9.90. The molecule has 0 unspecified atom stereocenters. The molecule has 0 aromatic rings. The summed E-state index contributed by atoms with van der Waals surface area (Å²) < 4.78 is 27.8. The van der Waals surface area contributed by atoms with Crippen LogP contribution < -0.4 is 0 Å². The molecule has 85 heavy (non-hydrogen) atoms. The third-order valence-electron chi connectivity index (χ3n) is 15.0. The van der Waals surface area contributed by atoms with Crippen molar-refractivity contribution in [3.05, 3.63) is 0 Å². The van der Waals surface area contributed by atoms with E-state index in [1.165, 1.54) is 132 Å². The van der Waals surface area contributed by atoms with Gasteiger partial charge in [-0.15, -0.1) is 0 Å². The highest BCUT2D eigenvalue weighted by atomic mass is 16.6. The van der Waals surface area contributed by atoms with Gasteiger partial charge in [-0.05, 0) is 25.7 Å². The van der Waals surface area contributed by atoms with Gasteiger partial charge in [0.1, 0.15) is 19.8 Å². The van der Waals surface area contributed by atoms with Crippen molar-refractivity contribution in [2.24, 2.45) is 5.41 Å². The molecule has 21 nitrogen and oxygen atoms in total. The van der Waals surface area contributed by atoms with Crippen molar-refractivity contribution in [1.82, 2.24) is 14.7 Å². The average molecular weight is 1210 g/mol. The zero-order valence-corrected chi connectivity index (χ0v) is 52.9. The molecule has 0 amide bonds. The molecule has 0 aliphatic carbocycles. The van der Waals surface area contributed by atoms with Gasteiger partial charge in [-0.25, -0.2) is 0 Å². The van der Waals surface area contributed by atoms with E-state index in [0.29, 0.717) is 25.7 Å². The number of rotatable bonds is 63. The molecule has 0 aromatic carbocycles. The van der Waals surface area contributed by atoms with Crippen LogP contribution >= 0.6 is 0 Å². The summed E-state index contributed by atoms with van der Waals surface area (Å²) in [7, 11) is 0. The molecular formula is C64H115N3O18. The topological polar surface area (TPSA) is 290 Å². The second kappa shape index (κ2) is 55.7. The number of unbranched alkanes of at least 4 members (excludes halogenated alkanes) is 32. The summed E-state index contributed by atoms with van der Waals surface area (Å²) in [6.45, 7) is 1.91. The Morgan fingerprint density at radius 2 is 0.576 bits per heavy atom. The molecule has 0 radical (unpaired) electrons. The van der Waals surface area contributed by atoms with Crippen molar-refractivity contribution >= 4 is 53.7 Å². The van der Waals surface area contributed by atoms with Crippen LogP contribution in [0.1, 0.15) is 258 Å². The first kappa shape index (κ1) is 80.1. The number of nitrogens with zero attached hydrogens (tertiary/aromatic N) is 3. The van der Waals surface area contributed by atoms with E-state index in [1.54, 1.807) is 0 Å². The van der Waals surface area contributed by atoms with Crippen LogP contribution in [0.4, 0.5) is 0 Å². The largest absolute Gasteiger partial charge is 0.480 e. The zero-order chi connectivity index (χ0) is 63.0. The van der Waals surface area contributed by atoms with E-state index in [-0.39, 0.29) is 58.8 Å². The molecule has 4 N–H and O–H groups in total. The van der Waals surface area contributed by atoms with E-state index < -0.39 is 105 Å². The van der Waals surface area contributed by atoms with Gasteiger partial charge < -0.3 is 44.1 Å². The Kier molecular flexibility index (Phi) is 52.5. The Morgan fingerprint density at radius 3 is 0.906 bits per heavy atom. The highest BCUT2D eigenvalue weighted by Gasteiger charge is 2.45. The number of aliphatic carboxylic acids is 4. The predicted molar refractivity (Wildman–Crippen MR) is 325 cm³/mol. The van der Waals surface area contributed by atoms with E-state index in [4.69, 9.17) is 33.9 Å². The number of hydrogen-bond acceptors (Lipinski definition) is 17. The zero-order valence-electron chi connectivity index (χ0n) is 52.9. The van der Waals surface area contributed by atoms with Gasteiger partial charge in [0.05, 0.1) is 45.9 Å². The normalized spacial score (nSPS) is 11.5. The molecule has 0 heterocycles. The molecule has 0 aliphatic rings. The fraction of sp³-hybridized carbons (Fsp3) is 0.859. The van der Waals surface area contributed by atoms with Crippen LogP contribution in [0.2, 0.25) is 0 Å². The van der Waals surface area contributed by atoms with Gasteiger partial charge in [-0.2, -0.15) is 0 Å². The first-order valence-electron chi connectivity index (χ1n) is 32.7. The molecule has 0 bridgehead atoms. The van der Waals surface area contributed by atoms with Crippen LogP contribution in [-0.4, -0.2) is 181 Å². The van der Waals surface area contributed by atoms with E-state index in [1.807, 2.05) is 0 Å². The van der Waals surface area contributed by atoms with Crippen molar-refractivity contribution in [1.29, 1.82) is 0 Å². The fourth-order valence-corrected chi connectivity index (χ4v) is 9.90. The summed E-state index contributed by atoms with van der Waals surface area (Å²) in [6, 6.07) is 0. The minimum absolute atomic E-state index is 0.00697. The minimum Gasteiger partial charge on any atom is -0.480 e. The van der Waals surface area contributed by atoms with Crippen molar-refractivity contribution in [3.63, 3.8) is 0 Å². The minimum atomic E-state index is -1.74. The second-order valence-electron chi connectivity index (χ2n) is 23.2. The molecule has 0 saturated heterocycles. The van der Waals surface area contributed by atoms with Crippen LogP contribution in [0.5, 0.6) is 0 Å². The lowest BCUT2D eigenvalue weighted by Gasteiger charge is -2.30. The number of carbonyl (C=O) groups excluding carboxylic acids is 5. The maximum Gasteiger partial charge on any atom is 0.322 e. The van der Waals surface area contributed by atoms with Crippen molar-refractivity contribution < 1.29 is 87.3 Å². The average Bonchev–Trinajstić information content (AvgIpc) is 3.61. The Morgan fingerprint density at radius 1 is 0.306 bits per heavy atom. The second-order valence-corrected chi connectivity index (χ2v) is 23.2. The van der Waals surface area contributed by atoms with Gasteiger partial charge in [-0.3, -0.25) is 57.9 Å². The Bertz CT molecular complexity index is 1720. The van der Waals surface area contributed by atoms with Gasteiger partial charge in [0.25, 0.3) is 0 Å². The Hall–Kier alpha value is -4.89. The first-order valence-corrected chi connectivity index (χ1v) is 32.7. The maximum absolute atomic E-state index is 13.9. The Labute approximate surface area is 509 Å². The molecule has 0 rings (SSSR count). The van der Waals surface area contributed by atoms with E-state index in [0.717, 1.165) is 88.4 Å². The number of carboxylic acids is 4. The van der Waals surface area contributed by atoms with Crippen molar-refractivity contribution in [2.75, 3.05) is 91.9 Å². The van der Waals surface area contributed by atoms with Crippen LogP contribution in [0.15, 0.2) is 0 Å². The molecule has 0 aromatic heterocycles. The lowest BCUT2D eigenvalue weighted by molar-refractivity contribution is -0.179. The molecule has 0 saturated carbocycles. The third kappa shape index (κ3) is 52.0. The number of hydrogen-bond donors (Lipinski definition) is 4. The summed E-state index contributed by atoms with van der Waals surface area (Å²) in [5.41, 5.74) is -1.74. The maximum atomic E-state index is 13.9. The predicted octanol–water partition coefficient (Wildman–Crippen LogP) is 11.4. The van der Waals surface area contributed by atoms with Gasteiger partial charge in [0.15, 0.2) is 5.41 Å². The van der Waals surface area contributed by atoms with Crippen LogP contribution in [0, 0.1) is 5.41 Å². The van der Waals surface area contributed by atoms with Crippen molar-refractivity contribution in [2.45, 2.75) is 258 Å². The van der Waals surface area contributed by atoms with Crippen LogP contribution in [0.25, 0.3) is 0 Å². The lowest BCUT2D eigenvalue weighted by atomic mass is 9.91. The quantitative estimate of drug-likeness (QED) is 0.0250. The van der Waals surface area contributed by atoms with Gasteiger partial charge in [0, 0.05) is 45.9 Å². The first-order chi connectivity index (χ1) is 40.9. The number of carbonyl (C=O) groups is 9. The third-order valence-corrected chi connectivity index (χ3v) is 15.0. The van der Waals surface area contributed by atoms with E-state index >= 15 is 0 Å². The highest BCUT2D eigenvalue weighted by molar-refractivity contribution is 5.80. The number of carboxylic acid groups (broad SMARTS) is 4. The van der Waals surface area contributed by atoms with Crippen molar-refractivity contribution in [3.8, 4) is 0 Å². The highest BCUT2D eigenvalue weighted by Crippen LogP contribution is 2.25. The summed E-state index contributed by atoms with van der Waals surface area (Å²) >= 11 is 0. The molecule has 0 spiro atoms. The molecule has 494 valence electrons. The monoisotopic (exact) mass is 1210 g/mol. The van der Waals surface area contributed by atoms with E-state index in [9.17, 15) is 53.4 Å². The smallest absolute Gasteiger partial charge is 0.322 e. The summed E-state index contributed by atoms with van der Waals surface area (Å²) in [5.74, 6) is -7.92. The number of esters is 5. The number of ether oxygens (including phenoxy) is 5. The summed E-state index contributed by atoms with van der Waals surface area (Å²) in [5, 5.41) is 37.0. The van der Waals surface area contributed by atoms with E-state index in [2.05, 4.69) is 13.8 Å². The van der Waals surface area contributed by atoms with Gasteiger partial charge in [-0.1, -0.05) is 213 Å². The molecule has 21 heteroatoms. The SMILES string of the molecule is CCCCCCCCCCCCCCCC(=O)OCC(COC(C)=O)(COC(=O)CCCCCCCCCCCCCCC)C(=O)OCCCCCCCCCCCOC(=O)CN(CCN(CCN(CC(=O)O)CC(=O)O)CC(=O)O)CC(=O)O. The van der Waals surface area contributed by atoms with Gasteiger partial charge >= 0.3 is 53.7 Å². The standard InChI is InChI=1S/C64H115N3O18/c1-4-6-8-10-12-14-16-18-20-23-27-31-35-39-60(77)84-53-64(52-83-55(3)68,54-85-61(78)40-36-32-28-24-21-19-17-15-13-11-9-7-5-2)63(80)82-46-38-34-30-26-22-25-29-33-37-45-81-62(79)51-67(50-59(75)76)44-42-65(47-56(69)70)41-43-66(48-57(71)72)49-58(73)74/h4-54H2,1-3H3,(H,69,70)(H,71,72)(H,73,74)(H,75,76). The summed E-state index contributed by atoms with van der Waals surface area (Å²) in [6.07, 6.45) is 38.1. The van der Waals surface area contributed by atoms with Crippen LogP contribution in [0.3, 0.4) is 0 Å². The molecular weight excluding hydrogens is 1100 g/mol. The summed E-state index contributed by atoms with van der Waals surface area (Å²) in [4.78, 5) is 114. The van der Waals surface area contributed by atoms with Crippen LogP contribution in [-0.2, 0) is 66.8 Å². The molecule has 0 aliphatic heterocycles.